The second kappa shape index (κ2) is 7.57. The molecule has 2 atom stereocenters. The number of carbonyl (C=O) groups excluding carboxylic acids is 1. The number of pyridine rings is 1. The first kappa shape index (κ1) is 19.2. The molecule has 0 saturated carbocycles. The fourth-order valence-corrected chi connectivity index (χ4v) is 5.54. The van der Waals surface area contributed by atoms with Crippen LogP contribution in [0.4, 0.5) is 0 Å². The van der Waals surface area contributed by atoms with Crippen molar-refractivity contribution in [3.05, 3.63) is 52.2 Å². The highest BCUT2D eigenvalue weighted by atomic mass is 32.2. The molecule has 0 fully saturated rings. The lowest BCUT2D eigenvalue weighted by molar-refractivity contribution is 0.0944. The molecule has 0 bridgehead atoms. The molecule has 1 amide bonds. The van der Waals surface area contributed by atoms with E-state index in [1.807, 2.05) is 30.9 Å². The van der Waals surface area contributed by atoms with Gasteiger partial charge in [-0.05, 0) is 55.7 Å². The summed E-state index contributed by atoms with van der Waals surface area (Å²) < 4.78 is 0. The van der Waals surface area contributed by atoms with Crippen molar-refractivity contribution in [1.29, 1.82) is 0 Å². The summed E-state index contributed by atoms with van der Waals surface area (Å²) in [5, 5.41) is 6.37. The van der Waals surface area contributed by atoms with Crippen LogP contribution in [0.1, 0.15) is 56.1 Å². The van der Waals surface area contributed by atoms with Crippen LogP contribution < -0.4 is 10.6 Å². The minimum absolute atomic E-state index is 0.0292. The molecule has 26 heavy (non-hydrogen) atoms. The molecule has 0 aromatic carbocycles. The van der Waals surface area contributed by atoms with E-state index in [0.717, 1.165) is 24.1 Å². The second-order valence-corrected chi connectivity index (χ2v) is 9.39. The Bertz CT molecular complexity index is 753. The number of amides is 1. The molecule has 1 aliphatic carbocycles. The molecule has 1 aromatic rings. The van der Waals surface area contributed by atoms with E-state index in [0.29, 0.717) is 17.5 Å². The molecule has 0 spiro atoms. The average molecular weight is 372 g/mol. The zero-order chi connectivity index (χ0) is 18.9. The predicted octanol–water partition coefficient (Wildman–Crippen LogP) is 4.26. The topological polar surface area (TPSA) is 54.0 Å². The van der Waals surface area contributed by atoms with Gasteiger partial charge in [-0.3, -0.25) is 9.78 Å². The van der Waals surface area contributed by atoms with E-state index in [4.69, 9.17) is 0 Å². The van der Waals surface area contributed by atoms with Crippen molar-refractivity contribution < 1.29 is 4.79 Å². The van der Waals surface area contributed by atoms with Gasteiger partial charge in [-0.1, -0.05) is 31.6 Å². The van der Waals surface area contributed by atoms with Gasteiger partial charge in [-0.25, -0.2) is 0 Å². The van der Waals surface area contributed by atoms with Crippen LogP contribution >= 0.6 is 11.8 Å². The van der Waals surface area contributed by atoms with Crippen LogP contribution in [-0.4, -0.2) is 23.3 Å². The monoisotopic (exact) mass is 371 g/mol. The van der Waals surface area contributed by atoms with Gasteiger partial charge in [0.15, 0.2) is 0 Å². The van der Waals surface area contributed by atoms with E-state index in [1.54, 1.807) is 6.20 Å². The summed E-state index contributed by atoms with van der Waals surface area (Å²) in [5.74, 6) is 0.175. The maximum atomic E-state index is 13.0. The Morgan fingerprint density at radius 1 is 1.46 bits per heavy atom. The zero-order valence-electron chi connectivity index (χ0n) is 16.2. The normalized spacial score (nSPS) is 24.3. The number of nitrogens with zero attached hydrogens (tertiary/aromatic N) is 1. The summed E-state index contributed by atoms with van der Waals surface area (Å²) in [6.07, 6.45) is 5.14. The van der Waals surface area contributed by atoms with E-state index in [2.05, 4.69) is 43.0 Å². The van der Waals surface area contributed by atoms with Crippen LogP contribution in [0.5, 0.6) is 0 Å². The number of aromatic nitrogens is 1. The van der Waals surface area contributed by atoms with Gasteiger partial charge in [-0.15, -0.1) is 11.8 Å². The molecule has 140 valence electrons. The highest BCUT2D eigenvalue weighted by Crippen LogP contribution is 2.54. The van der Waals surface area contributed by atoms with Crippen LogP contribution in [0.2, 0.25) is 0 Å². The number of thioether (sulfide) groups is 1. The fraction of sp³-hybridized carbons (Fsp3) is 0.524. The molecule has 3 rings (SSSR count). The summed E-state index contributed by atoms with van der Waals surface area (Å²) in [6.45, 7) is 11.6. The Balaban J connectivity index is 1.80. The van der Waals surface area contributed by atoms with Crippen molar-refractivity contribution in [2.75, 3.05) is 7.05 Å². The van der Waals surface area contributed by atoms with Crippen molar-refractivity contribution >= 4 is 17.7 Å². The molecular formula is C21H29N3OS. The van der Waals surface area contributed by atoms with Gasteiger partial charge in [0, 0.05) is 18.7 Å². The SMILES string of the molecule is C=C(C)C1C2=C(CCC(C)(C)C2)SC1NC(=O)c1cccnc1CNC. The Labute approximate surface area is 160 Å². The van der Waals surface area contributed by atoms with Gasteiger partial charge in [0.2, 0.25) is 0 Å². The van der Waals surface area contributed by atoms with Crippen molar-refractivity contribution in [2.24, 2.45) is 11.3 Å². The van der Waals surface area contributed by atoms with Crippen LogP contribution in [0.15, 0.2) is 41.0 Å². The van der Waals surface area contributed by atoms with E-state index in [1.165, 1.54) is 16.9 Å². The van der Waals surface area contributed by atoms with Gasteiger partial charge >= 0.3 is 0 Å². The maximum Gasteiger partial charge on any atom is 0.254 e. The lowest BCUT2D eigenvalue weighted by Gasteiger charge is -2.33. The van der Waals surface area contributed by atoms with Gasteiger partial charge in [0.1, 0.15) is 0 Å². The van der Waals surface area contributed by atoms with Crippen molar-refractivity contribution in [3.63, 3.8) is 0 Å². The lowest BCUT2D eigenvalue weighted by Crippen LogP contribution is -2.38. The van der Waals surface area contributed by atoms with Crippen LogP contribution in [0.3, 0.4) is 0 Å². The highest BCUT2D eigenvalue weighted by Gasteiger charge is 2.41. The third-order valence-electron chi connectivity index (χ3n) is 5.29. The smallest absolute Gasteiger partial charge is 0.254 e. The number of nitrogens with one attached hydrogen (secondary N) is 2. The molecular weight excluding hydrogens is 342 g/mol. The number of hydrogen-bond donors (Lipinski definition) is 2. The minimum Gasteiger partial charge on any atom is -0.339 e. The van der Waals surface area contributed by atoms with Gasteiger partial charge in [0.05, 0.1) is 16.6 Å². The largest absolute Gasteiger partial charge is 0.339 e. The highest BCUT2D eigenvalue weighted by molar-refractivity contribution is 8.04. The first-order chi connectivity index (χ1) is 12.3. The number of hydrogen-bond acceptors (Lipinski definition) is 4. The molecule has 5 heteroatoms. The van der Waals surface area contributed by atoms with E-state index < -0.39 is 0 Å². The van der Waals surface area contributed by atoms with Gasteiger partial charge < -0.3 is 10.6 Å². The standard InChI is InChI=1S/C21H29N3OS/c1-13(2)18-15-11-21(3,4)9-8-17(15)26-20(18)24-19(25)14-7-6-10-23-16(14)12-22-5/h6-7,10,18,20,22H,1,8-9,11-12H2,2-5H3,(H,24,25). The summed E-state index contributed by atoms with van der Waals surface area (Å²) in [7, 11) is 1.86. The quantitative estimate of drug-likeness (QED) is 0.760. The molecule has 2 unspecified atom stereocenters. The van der Waals surface area contributed by atoms with Gasteiger partial charge in [-0.2, -0.15) is 0 Å². The van der Waals surface area contributed by atoms with Crippen LogP contribution in [0.25, 0.3) is 0 Å². The number of allylic oxidation sites excluding steroid dienone is 1. The summed E-state index contributed by atoms with van der Waals surface area (Å²) in [6, 6.07) is 3.67. The van der Waals surface area contributed by atoms with E-state index >= 15 is 0 Å². The molecule has 1 aliphatic heterocycles. The van der Waals surface area contributed by atoms with Crippen molar-refractivity contribution in [1.82, 2.24) is 15.6 Å². The zero-order valence-corrected chi connectivity index (χ0v) is 17.0. The number of rotatable bonds is 5. The Morgan fingerprint density at radius 2 is 2.23 bits per heavy atom. The summed E-state index contributed by atoms with van der Waals surface area (Å²) in [4.78, 5) is 18.8. The summed E-state index contributed by atoms with van der Waals surface area (Å²) >= 11 is 1.82. The van der Waals surface area contributed by atoms with Crippen LogP contribution in [-0.2, 0) is 6.54 Å². The van der Waals surface area contributed by atoms with E-state index in [9.17, 15) is 4.79 Å². The van der Waals surface area contributed by atoms with Crippen LogP contribution in [0, 0.1) is 11.3 Å². The fourth-order valence-electron chi connectivity index (χ4n) is 3.97. The first-order valence-electron chi connectivity index (χ1n) is 9.26. The molecule has 0 radical (unpaired) electrons. The molecule has 2 aliphatic rings. The lowest BCUT2D eigenvalue weighted by atomic mass is 9.73. The number of carbonyl (C=O) groups is 1. The molecule has 1 aromatic heterocycles. The Morgan fingerprint density at radius 3 is 2.92 bits per heavy atom. The molecule has 4 nitrogen and oxygen atoms in total. The Kier molecular flexibility index (Phi) is 5.58. The molecule has 2 heterocycles. The van der Waals surface area contributed by atoms with E-state index in [-0.39, 0.29) is 17.2 Å². The third kappa shape index (κ3) is 3.89. The molecule has 2 N–H and O–H groups in total. The Hall–Kier alpha value is -1.59. The first-order valence-corrected chi connectivity index (χ1v) is 10.1. The predicted molar refractivity (Wildman–Crippen MR) is 109 cm³/mol. The van der Waals surface area contributed by atoms with Crippen molar-refractivity contribution in [3.8, 4) is 0 Å². The average Bonchev–Trinajstić information content (AvgIpc) is 2.91. The van der Waals surface area contributed by atoms with Crippen molar-refractivity contribution in [2.45, 2.75) is 52.0 Å². The summed E-state index contributed by atoms with van der Waals surface area (Å²) in [5.41, 5.74) is 4.38. The third-order valence-corrected chi connectivity index (χ3v) is 6.68. The molecule has 0 saturated heterocycles. The minimum atomic E-state index is -0.0498. The van der Waals surface area contributed by atoms with Gasteiger partial charge in [0.25, 0.3) is 5.91 Å². The second-order valence-electron chi connectivity index (χ2n) is 8.15. The maximum absolute atomic E-state index is 13.0.